The van der Waals surface area contributed by atoms with Gasteiger partial charge in [0.2, 0.25) is 5.91 Å². The largest absolute Gasteiger partial charge is 0.481 e. The Kier molecular flexibility index (Phi) is 9.13. The Morgan fingerprint density at radius 2 is 1.44 bits per heavy atom. The SMILES string of the molecule is C=C(c1ccccc1)c1ccc(C(Cc2ccc3ccccc3c2)C(C)N2C(=O)C(CC(CC(=O)O)C(=O)O)C2C(=O)O)cc1. The van der Waals surface area contributed by atoms with Crippen molar-refractivity contribution in [3.63, 3.8) is 0 Å². The van der Waals surface area contributed by atoms with Gasteiger partial charge in [-0.15, -0.1) is 0 Å². The van der Waals surface area contributed by atoms with Crippen molar-refractivity contribution in [2.24, 2.45) is 11.8 Å². The first kappa shape index (κ1) is 31.2. The Morgan fingerprint density at radius 1 is 0.822 bits per heavy atom. The summed E-state index contributed by atoms with van der Waals surface area (Å²) in [7, 11) is 0. The lowest BCUT2D eigenvalue weighted by Crippen LogP contribution is -2.68. The normalized spacial score (nSPS) is 18.1. The van der Waals surface area contributed by atoms with E-state index in [-0.39, 0.29) is 12.3 Å². The van der Waals surface area contributed by atoms with Crippen molar-refractivity contribution in [1.82, 2.24) is 4.90 Å². The zero-order valence-corrected chi connectivity index (χ0v) is 24.9. The van der Waals surface area contributed by atoms with E-state index in [0.717, 1.165) is 38.6 Å². The molecule has 0 aliphatic carbocycles. The molecule has 1 saturated heterocycles. The van der Waals surface area contributed by atoms with Gasteiger partial charge in [-0.2, -0.15) is 0 Å². The highest BCUT2D eigenvalue weighted by molar-refractivity contribution is 5.97. The number of benzene rings is 4. The number of carbonyl (C=O) groups excluding carboxylic acids is 1. The molecule has 45 heavy (non-hydrogen) atoms. The maximum atomic E-state index is 13.5. The van der Waals surface area contributed by atoms with Crippen molar-refractivity contribution in [2.45, 2.75) is 44.2 Å². The predicted octanol–water partition coefficient (Wildman–Crippen LogP) is 6.09. The number of aliphatic carboxylic acids is 3. The molecule has 8 nitrogen and oxygen atoms in total. The third-order valence-corrected chi connectivity index (χ3v) is 8.91. The van der Waals surface area contributed by atoms with E-state index < -0.39 is 54.2 Å². The van der Waals surface area contributed by atoms with Crippen LogP contribution < -0.4 is 0 Å². The highest BCUT2D eigenvalue weighted by Crippen LogP contribution is 2.40. The third kappa shape index (κ3) is 6.65. The van der Waals surface area contributed by atoms with Gasteiger partial charge in [0.25, 0.3) is 0 Å². The topological polar surface area (TPSA) is 132 Å². The first-order chi connectivity index (χ1) is 21.5. The number of fused-ring (bicyclic) bond motifs is 1. The average Bonchev–Trinajstić information content (AvgIpc) is 3.03. The molecule has 4 aromatic carbocycles. The quantitative estimate of drug-likeness (QED) is 0.157. The summed E-state index contributed by atoms with van der Waals surface area (Å²) in [6.45, 7) is 6.07. The van der Waals surface area contributed by atoms with Crippen LogP contribution in [0, 0.1) is 11.8 Å². The minimum atomic E-state index is -1.37. The summed E-state index contributed by atoms with van der Waals surface area (Å²) in [5.74, 6) is -7.20. The molecule has 1 heterocycles. The number of hydrogen-bond donors (Lipinski definition) is 3. The Labute approximate surface area is 261 Å². The predicted molar refractivity (Wildman–Crippen MR) is 171 cm³/mol. The van der Waals surface area contributed by atoms with E-state index in [2.05, 4.69) is 12.6 Å². The van der Waals surface area contributed by atoms with Crippen LogP contribution in [0.15, 0.2) is 104 Å². The number of likely N-dealkylation sites (tertiary alicyclic amines) is 1. The Balaban J connectivity index is 1.47. The number of nitrogens with zero attached hydrogens (tertiary/aromatic N) is 1. The van der Waals surface area contributed by atoms with Crippen LogP contribution in [0.4, 0.5) is 0 Å². The molecule has 1 aliphatic heterocycles. The molecular formula is C37H35NO7. The summed E-state index contributed by atoms with van der Waals surface area (Å²) in [5.41, 5.74) is 4.73. The lowest BCUT2D eigenvalue weighted by Gasteiger charge is -2.50. The molecule has 1 fully saturated rings. The Hall–Kier alpha value is -5.24. The summed E-state index contributed by atoms with van der Waals surface area (Å²) in [6.07, 6.45) is -0.527. The molecule has 5 atom stereocenters. The first-order valence-electron chi connectivity index (χ1n) is 14.9. The van der Waals surface area contributed by atoms with Crippen molar-refractivity contribution in [2.75, 3.05) is 0 Å². The van der Waals surface area contributed by atoms with Crippen LogP contribution in [-0.2, 0) is 25.6 Å². The van der Waals surface area contributed by atoms with Crippen molar-refractivity contribution in [3.05, 3.63) is 126 Å². The minimum Gasteiger partial charge on any atom is -0.481 e. The van der Waals surface area contributed by atoms with Crippen molar-refractivity contribution < 1.29 is 34.5 Å². The molecule has 5 rings (SSSR count). The monoisotopic (exact) mass is 605 g/mol. The van der Waals surface area contributed by atoms with Crippen molar-refractivity contribution in [3.8, 4) is 0 Å². The van der Waals surface area contributed by atoms with Gasteiger partial charge >= 0.3 is 17.9 Å². The molecule has 0 bridgehead atoms. The number of carbonyl (C=O) groups is 4. The van der Waals surface area contributed by atoms with E-state index in [1.807, 2.05) is 97.9 Å². The van der Waals surface area contributed by atoms with Crippen LogP contribution in [0.3, 0.4) is 0 Å². The fourth-order valence-electron chi connectivity index (χ4n) is 6.46. The molecule has 0 saturated carbocycles. The van der Waals surface area contributed by atoms with Gasteiger partial charge in [0, 0.05) is 12.0 Å². The molecule has 5 unspecified atom stereocenters. The lowest BCUT2D eigenvalue weighted by molar-refractivity contribution is -0.177. The van der Waals surface area contributed by atoms with Gasteiger partial charge in [-0.3, -0.25) is 14.4 Å². The zero-order chi connectivity index (χ0) is 32.2. The van der Waals surface area contributed by atoms with Gasteiger partial charge in [0.15, 0.2) is 0 Å². The van der Waals surface area contributed by atoms with E-state index in [0.29, 0.717) is 6.42 Å². The highest BCUT2D eigenvalue weighted by atomic mass is 16.4. The standard InChI is InChI=1S/C37H35NO7/c1-22(25-8-4-3-5-9-25)26-14-16-28(17-15-26)31(19-24-12-13-27-10-6-7-11-29(27)18-24)23(2)38-34(37(44)45)32(35(38)41)20-30(36(42)43)21-33(39)40/h3-18,23,30-32,34H,1,19-21H2,2H3,(H,39,40)(H,42,43)(H,44,45). The molecule has 3 N–H and O–H groups in total. The smallest absolute Gasteiger partial charge is 0.327 e. The van der Waals surface area contributed by atoms with Gasteiger partial charge in [-0.1, -0.05) is 104 Å². The number of β-lactam (4-membered cyclic amide) rings is 1. The van der Waals surface area contributed by atoms with Gasteiger partial charge in [0.1, 0.15) is 6.04 Å². The van der Waals surface area contributed by atoms with Gasteiger partial charge in [0.05, 0.1) is 18.3 Å². The molecule has 4 aromatic rings. The average molecular weight is 606 g/mol. The first-order valence-corrected chi connectivity index (χ1v) is 14.9. The maximum Gasteiger partial charge on any atom is 0.327 e. The van der Waals surface area contributed by atoms with Gasteiger partial charge in [-0.05, 0) is 58.4 Å². The van der Waals surface area contributed by atoms with E-state index >= 15 is 0 Å². The molecule has 230 valence electrons. The fourth-order valence-corrected chi connectivity index (χ4v) is 6.46. The summed E-state index contributed by atoms with van der Waals surface area (Å²) in [6, 6.07) is 30.1. The number of carboxylic acid groups (broad SMARTS) is 3. The molecule has 0 spiro atoms. The fraction of sp³-hybridized carbons (Fsp3) is 0.243. The lowest BCUT2D eigenvalue weighted by atomic mass is 9.75. The molecule has 0 radical (unpaired) electrons. The number of carboxylic acids is 3. The van der Waals surface area contributed by atoms with Crippen LogP contribution in [0.1, 0.15) is 47.9 Å². The Morgan fingerprint density at radius 3 is 2.07 bits per heavy atom. The summed E-state index contributed by atoms with van der Waals surface area (Å²) >= 11 is 0. The summed E-state index contributed by atoms with van der Waals surface area (Å²) < 4.78 is 0. The molecule has 1 aliphatic rings. The number of rotatable bonds is 13. The van der Waals surface area contributed by atoms with Crippen molar-refractivity contribution in [1.29, 1.82) is 0 Å². The van der Waals surface area contributed by atoms with Crippen LogP contribution >= 0.6 is 0 Å². The van der Waals surface area contributed by atoms with Gasteiger partial charge < -0.3 is 20.2 Å². The van der Waals surface area contributed by atoms with E-state index in [1.54, 1.807) is 0 Å². The van der Waals surface area contributed by atoms with Crippen LogP contribution in [0.25, 0.3) is 16.3 Å². The molecular weight excluding hydrogens is 570 g/mol. The van der Waals surface area contributed by atoms with Crippen LogP contribution in [-0.4, -0.2) is 56.1 Å². The summed E-state index contributed by atoms with van der Waals surface area (Å²) in [5, 5.41) is 31.0. The Bertz CT molecular complexity index is 1750. The second-order valence-corrected chi connectivity index (χ2v) is 11.7. The van der Waals surface area contributed by atoms with Crippen molar-refractivity contribution >= 4 is 40.2 Å². The zero-order valence-electron chi connectivity index (χ0n) is 24.9. The summed E-state index contributed by atoms with van der Waals surface area (Å²) in [4.78, 5) is 50.3. The second-order valence-electron chi connectivity index (χ2n) is 11.7. The number of hydrogen-bond acceptors (Lipinski definition) is 4. The second kappa shape index (κ2) is 13.2. The van der Waals surface area contributed by atoms with Gasteiger partial charge in [-0.25, -0.2) is 4.79 Å². The minimum absolute atomic E-state index is 0.300. The van der Waals surface area contributed by atoms with Crippen LogP contribution in [0.5, 0.6) is 0 Å². The third-order valence-electron chi connectivity index (χ3n) is 8.91. The molecule has 1 amide bonds. The van der Waals surface area contributed by atoms with Crippen LogP contribution in [0.2, 0.25) is 0 Å². The highest BCUT2D eigenvalue weighted by Gasteiger charge is 2.55. The van der Waals surface area contributed by atoms with E-state index in [1.165, 1.54) is 4.90 Å². The van der Waals surface area contributed by atoms with E-state index in [4.69, 9.17) is 5.11 Å². The van der Waals surface area contributed by atoms with E-state index in [9.17, 15) is 29.4 Å². The number of amides is 1. The molecule has 8 heteroatoms. The molecule has 0 aromatic heterocycles. The maximum absolute atomic E-state index is 13.5.